The number of anilines is 2. The minimum absolute atomic E-state index is 0.196. The van der Waals surface area contributed by atoms with Gasteiger partial charge in [0.1, 0.15) is 18.0 Å². The topological polar surface area (TPSA) is 147 Å². The SMILES string of the molecule is COc1cc(N=Nc2c(N)n[nH]c2N)c2c3c1O[C@H]1[C@@H](O)C=C[C@H]4[C@@H](C2)N(C)CC[C@@]341. The predicted octanol–water partition coefficient (Wildman–Crippen LogP) is 1.80. The van der Waals surface area contributed by atoms with Crippen molar-refractivity contribution < 1.29 is 14.6 Å². The first-order chi connectivity index (χ1) is 15.0. The molecule has 0 unspecified atom stereocenters. The molecule has 1 aromatic heterocycles. The zero-order valence-corrected chi connectivity index (χ0v) is 17.4. The predicted molar refractivity (Wildman–Crippen MR) is 114 cm³/mol. The molecule has 3 heterocycles. The standard InChI is InChI=1S/C21H25N7O3/c1-28-6-5-21-10-3-4-13(29)18(21)31-17-14(30-2)8-11(9(15(17)21)7-12(10)28)24-25-16-19(22)26-27-20(16)23/h3-4,8,10,12-13,18,29H,5-7H2,1-2H3,(H5,22,23,26,27)/t10-,12+,13-,18-,21-/m0/s1. The minimum atomic E-state index is -0.668. The Morgan fingerprint density at radius 1 is 1.35 bits per heavy atom. The summed E-state index contributed by atoms with van der Waals surface area (Å²) in [6.45, 7) is 0.941. The molecule has 1 fully saturated rings. The van der Waals surface area contributed by atoms with E-state index >= 15 is 0 Å². The van der Waals surface area contributed by atoms with Gasteiger partial charge >= 0.3 is 0 Å². The van der Waals surface area contributed by atoms with Crippen molar-refractivity contribution in [1.82, 2.24) is 15.1 Å². The van der Waals surface area contributed by atoms with E-state index in [1.165, 1.54) is 0 Å². The van der Waals surface area contributed by atoms with Crippen molar-refractivity contribution >= 4 is 23.0 Å². The largest absolute Gasteiger partial charge is 0.493 e. The molecular weight excluding hydrogens is 398 g/mol. The summed E-state index contributed by atoms with van der Waals surface area (Å²) in [4.78, 5) is 2.40. The molecule has 6 N–H and O–H groups in total. The van der Waals surface area contributed by atoms with Crippen LogP contribution in [-0.2, 0) is 11.8 Å². The molecule has 2 aliphatic carbocycles. The molecule has 10 nitrogen and oxygen atoms in total. The Kier molecular flexibility index (Phi) is 3.73. The smallest absolute Gasteiger partial charge is 0.175 e. The highest BCUT2D eigenvalue weighted by Crippen LogP contribution is 2.64. The van der Waals surface area contributed by atoms with E-state index in [0.29, 0.717) is 17.1 Å². The summed E-state index contributed by atoms with van der Waals surface area (Å²) >= 11 is 0. The van der Waals surface area contributed by atoms with Crippen LogP contribution in [-0.4, -0.2) is 59.2 Å². The fraction of sp³-hybridized carbons (Fsp3) is 0.476. The summed E-state index contributed by atoms with van der Waals surface area (Å²) in [7, 11) is 3.77. The van der Waals surface area contributed by atoms with Crippen molar-refractivity contribution in [2.75, 3.05) is 32.2 Å². The van der Waals surface area contributed by atoms with Gasteiger partial charge < -0.3 is 30.9 Å². The van der Waals surface area contributed by atoms with E-state index < -0.39 is 6.10 Å². The van der Waals surface area contributed by atoms with Gasteiger partial charge in [-0.3, -0.25) is 5.10 Å². The van der Waals surface area contributed by atoms with Gasteiger partial charge in [-0.15, -0.1) is 10.2 Å². The molecule has 0 amide bonds. The number of hydrogen-bond donors (Lipinski definition) is 4. The number of hydrogen-bond acceptors (Lipinski definition) is 9. The molecule has 2 aliphatic heterocycles. The van der Waals surface area contributed by atoms with Crippen molar-refractivity contribution in [2.45, 2.75) is 36.5 Å². The van der Waals surface area contributed by atoms with E-state index in [0.717, 1.165) is 36.3 Å². The molecule has 1 spiro atoms. The van der Waals surface area contributed by atoms with E-state index in [1.54, 1.807) is 7.11 Å². The third kappa shape index (κ3) is 2.26. The van der Waals surface area contributed by atoms with Crippen LogP contribution in [0.15, 0.2) is 28.4 Å². The van der Waals surface area contributed by atoms with Crippen LogP contribution in [0.25, 0.3) is 0 Å². The van der Waals surface area contributed by atoms with Crippen molar-refractivity contribution in [3.63, 3.8) is 0 Å². The number of aromatic nitrogens is 2. The number of nitrogens with zero attached hydrogens (tertiary/aromatic N) is 4. The number of likely N-dealkylation sites (N-methyl/N-ethyl adjacent to an activating group) is 1. The second-order valence-electron chi connectivity index (χ2n) is 8.83. The van der Waals surface area contributed by atoms with E-state index in [4.69, 9.17) is 20.9 Å². The van der Waals surface area contributed by atoms with Gasteiger partial charge in [0.25, 0.3) is 0 Å². The zero-order chi connectivity index (χ0) is 21.5. The van der Waals surface area contributed by atoms with Gasteiger partial charge in [-0.25, -0.2) is 0 Å². The number of ether oxygens (including phenoxy) is 2. The lowest BCUT2D eigenvalue weighted by molar-refractivity contribution is -0.0452. The maximum absolute atomic E-state index is 10.8. The molecular formula is C21H25N7O3. The highest BCUT2D eigenvalue weighted by atomic mass is 16.5. The number of rotatable bonds is 3. The highest BCUT2D eigenvalue weighted by Gasteiger charge is 2.64. The Labute approximate surface area is 178 Å². The third-order valence-corrected chi connectivity index (χ3v) is 7.51. The van der Waals surface area contributed by atoms with Crippen LogP contribution >= 0.6 is 0 Å². The van der Waals surface area contributed by atoms with Gasteiger partial charge in [-0.2, -0.15) is 5.10 Å². The van der Waals surface area contributed by atoms with Crippen LogP contribution in [0.3, 0.4) is 0 Å². The summed E-state index contributed by atoms with van der Waals surface area (Å²) in [5.74, 6) is 2.03. The molecule has 4 aliphatic rings. The monoisotopic (exact) mass is 423 g/mol. The Balaban J connectivity index is 1.58. The molecule has 0 saturated carbocycles. The van der Waals surface area contributed by atoms with Gasteiger partial charge in [-0.1, -0.05) is 12.2 Å². The minimum Gasteiger partial charge on any atom is -0.493 e. The Morgan fingerprint density at radius 3 is 2.94 bits per heavy atom. The number of nitrogens with two attached hydrogens (primary N) is 2. The second-order valence-corrected chi connectivity index (χ2v) is 8.83. The maximum atomic E-state index is 10.8. The van der Waals surface area contributed by atoms with E-state index in [2.05, 4.69) is 38.4 Å². The summed E-state index contributed by atoms with van der Waals surface area (Å²) in [6.07, 6.45) is 4.75. The fourth-order valence-corrected chi connectivity index (χ4v) is 6.11. The van der Waals surface area contributed by atoms with E-state index in [1.807, 2.05) is 12.1 Å². The molecule has 2 aromatic rings. The number of piperidine rings is 1. The number of nitrogen functional groups attached to an aromatic ring is 2. The molecule has 2 bridgehead atoms. The first-order valence-corrected chi connectivity index (χ1v) is 10.4. The molecule has 1 saturated heterocycles. The lowest BCUT2D eigenvalue weighted by Crippen LogP contribution is -2.64. The number of azo groups is 1. The molecule has 10 heteroatoms. The van der Waals surface area contributed by atoms with E-state index in [9.17, 15) is 5.11 Å². The van der Waals surface area contributed by atoms with Gasteiger partial charge in [0.2, 0.25) is 0 Å². The number of aliphatic hydroxyl groups excluding tert-OH is 1. The maximum Gasteiger partial charge on any atom is 0.175 e. The van der Waals surface area contributed by atoms with Gasteiger partial charge in [0, 0.05) is 29.0 Å². The molecule has 162 valence electrons. The fourth-order valence-electron chi connectivity index (χ4n) is 6.11. The average Bonchev–Trinajstić information content (AvgIpc) is 3.27. The van der Waals surface area contributed by atoms with Crippen LogP contribution in [0, 0.1) is 5.92 Å². The van der Waals surface area contributed by atoms with Crippen molar-refractivity contribution in [1.29, 1.82) is 0 Å². The number of benzene rings is 1. The Bertz CT molecular complexity index is 1120. The normalized spacial score (nSPS) is 32.9. The average molecular weight is 423 g/mol. The zero-order valence-electron chi connectivity index (χ0n) is 17.4. The summed E-state index contributed by atoms with van der Waals surface area (Å²) < 4.78 is 12.1. The number of likely N-dealkylation sites (tertiary alicyclic amines) is 1. The third-order valence-electron chi connectivity index (χ3n) is 7.51. The number of aromatic amines is 1. The van der Waals surface area contributed by atoms with Crippen LogP contribution in [0.4, 0.5) is 23.0 Å². The first-order valence-electron chi connectivity index (χ1n) is 10.4. The van der Waals surface area contributed by atoms with E-state index in [-0.39, 0.29) is 35.1 Å². The van der Waals surface area contributed by atoms with Gasteiger partial charge in [-0.05, 0) is 32.0 Å². The number of H-pyrrole nitrogens is 1. The quantitative estimate of drug-likeness (QED) is 0.435. The van der Waals surface area contributed by atoms with Crippen molar-refractivity contribution in [3.8, 4) is 11.5 Å². The van der Waals surface area contributed by atoms with Crippen LogP contribution in [0.2, 0.25) is 0 Å². The number of nitrogens with one attached hydrogen (secondary N) is 1. The lowest BCUT2D eigenvalue weighted by Gasteiger charge is -2.56. The highest BCUT2D eigenvalue weighted by molar-refractivity contribution is 5.72. The van der Waals surface area contributed by atoms with Crippen LogP contribution < -0.4 is 20.9 Å². The number of aliphatic hydroxyl groups is 1. The van der Waals surface area contributed by atoms with Crippen LogP contribution in [0.1, 0.15) is 17.5 Å². The first kappa shape index (κ1) is 18.6. The van der Waals surface area contributed by atoms with Crippen LogP contribution in [0.5, 0.6) is 11.5 Å². The lowest BCUT2D eigenvalue weighted by atomic mass is 9.53. The van der Waals surface area contributed by atoms with Crippen molar-refractivity contribution in [2.24, 2.45) is 16.1 Å². The van der Waals surface area contributed by atoms with Gasteiger partial charge in [0.05, 0.1) is 12.8 Å². The summed E-state index contributed by atoms with van der Waals surface area (Å²) in [6, 6.07) is 2.13. The summed E-state index contributed by atoms with van der Waals surface area (Å²) in [5, 5.41) is 26.2. The molecule has 1 aromatic carbocycles. The number of methoxy groups -OCH3 is 1. The molecule has 5 atom stereocenters. The van der Waals surface area contributed by atoms with Crippen molar-refractivity contribution in [3.05, 3.63) is 29.3 Å². The molecule has 6 rings (SSSR count). The molecule has 31 heavy (non-hydrogen) atoms. The summed E-state index contributed by atoms with van der Waals surface area (Å²) in [5.41, 5.74) is 14.6. The van der Waals surface area contributed by atoms with Gasteiger partial charge in [0.15, 0.2) is 23.0 Å². The second kappa shape index (κ2) is 6.21. The Morgan fingerprint density at radius 2 is 2.19 bits per heavy atom. The Hall–Kier alpha value is -3.11. The molecule has 0 radical (unpaired) electrons.